The molecule has 0 saturated heterocycles. The van der Waals surface area contributed by atoms with Crippen LogP contribution in [0.5, 0.6) is 0 Å². The molecule has 1 N–H and O–H groups in total. The van der Waals surface area contributed by atoms with E-state index in [9.17, 15) is 9.59 Å². The Labute approximate surface area is 186 Å². The van der Waals surface area contributed by atoms with Crippen molar-refractivity contribution in [2.75, 3.05) is 33.5 Å². The molecule has 5 heteroatoms. The van der Waals surface area contributed by atoms with E-state index in [-0.39, 0.29) is 17.9 Å². The van der Waals surface area contributed by atoms with Gasteiger partial charge in [-0.25, -0.2) is 0 Å². The van der Waals surface area contributed by atoms with Crippen molar-refractivity contribution in [2.45, 2.75) is 99.3 Å². The van der Waals surface area contributed by atoms with Gasteiger partial charge in [0, 0.05) is 26.5 Å². The Kier molecular flexibility index (Phi) is 15.3. The molecule has 1 atom stereocenters. The number of unbranched alkanes of at least 4 members (excludes halogenated alkanes) is 3. The van der Waals surface area contributed by atoms with Crippen LogP contribution in [0.25, 0.3) is 0 Å². The van der Waals surface area contributed by atoms with Crippen molar-refractivity contribution < 1.29 is 19.1 Å². The predicted octanol–water partition coefficient (Wildman–Crippen LogP) is 5.55. The number of Topliss-reactive ketones (excluding diaryl/α,β-unsaturated/α-hetero) is 1. The molecule has 0 rings (SSSR count). The highest BCUT2D eigenvalue weighted by molar-refractivity contribution is 5.78. The van der Waals surface area contributed by atoms with Crippen LogP contribution in [0, 0.1) is 16.7 Å². The summed E-state index contributed by atoms with van der Waals surface area (Å²) in [5.41, 5.74) is 0.512. The molecule has 0 aliphatic carbocycles. The van der Waals surface area contributed by atoms with Gasteiger partial charge in [-0.2, -0.15) is 0 Å². The summed E-state index contributed by atoms with van der Waals surface area (Å²) >= 11 is 0. The molecule has 0 unspecified atom stereocenters. The molecule has 0 aliphatic heterocycles. The van der Waals surface area contributed by atoms with Crippen molar-refractivity contribution in [1.82, 2.24) is 5.32 Å². The average molecular weight is 428 g/mol. The minimum atomic E-state index is -0.0832. The van der Waals surface area contributed by atoms with Crippen LogP contribution in [0.4, 0.5) is 0 Å². The first-order chi connectivity index (χ1) is 14.0. The molecule has 0 bridgehead atoms. The third-order valence-corrected chi connectivity index (χ3v) is 5.55. The van der Waals surface area contributed by atoms with Gasteiger partial charge in [-0.15, -0.1) is 0 Å². The Morgan fingerprint density at radius 2 is 1.60 bits per heavy atom. The third-order valence-electron chi connectivity index (χ3n) is 5.55. The van der Waals surface area contributed by atoms with Gasteiger partial charge in [-0.05, 0) is 42.4 Å². The molecule has 0 saturated carbocycles. The zero-order chi connectivity index (χ0) is 23.0. The molecule has 5 nitrogen and oxygen atoms in total. The topological polar surface area (TPSA) is 64.6 Å². The third kappa shape index (κ3) is 17.9. The maximum absolute atomic E-state index is 12.5. The van der Waals surface area contributed by atoms with Crippen LogP contribution in [-0.4, -0.2) is 45.2 Å². The van der Waals surface area contributed by atoms with Gasteiger partial charge in [0.2, 0.25) is 5.91 Å². The Morgan fingerprint density at radius 3 is 2.20 bits per heavy atom. The maximum atomic E-state index is 12.5. The van der Waals surface area contributed by atoms with Crippen molar-refractivity contribution in [3.8, 4) is 0 Å². The number of methoxy groups -OCH3 is 1. The summed E-state index contributed by atoms with van der Waals surface area (Å²) in [7, 11) is 1.61. The van der Waals surface area contributed by atoms with Crippen molar-refractivity contribution in [3.63, 3.8) is 0 Å². The highest BCUT2D eigenvalue weighted by atomic mass is 16.5. The average Bonchev–Trinajstić information content (AvgIpc) is 2.62. The monoisotopic (exact) mass is 427 g/mol. The smallest absolute Gasteiger partial charge is 0.245 e. The van der Waals surface area contributed by atoms with Crippen molar-refractivity contribution in [3.05, 3.63) is 0 Å². The number of carbonyl (C=O) groups is 2. The lowest BCUT2D eigenvalue weighted by Gasteiger charge is -2.30. The first kappa shape index (κ1) is 29.1. The van der Waals surface area contributed by atoms with Gasteiger partial charge in [-0.1, -0.05) is 60.8 Å². The normalized spacial score (nSPS) is 13.3. The van der Waals surface area contributed by atoms with Crippen LogP contribution >= 0.6 is 0 Å². The quantitative estimate of drug-likeness (QED) is 0.309. The molecule has 0 fully saturated rings. The summed E-state index contributed by atoms with van der Waals surface area (Å²) in [6.45, 7) is 15.2. The first-order valence-electron chi connectivity index (χ1n) is 11.8. The van der Waals surface area contributed by atoms with E-state index in [1.165, 1.54) is 12.8 Å². The lowest BCUT2D eigenvalue weighted by Crippen LogP contribution is -2.29. The van der Waals surface area contributed by atoms with Crippen molar-refractivity contribution in [1.29, 1.82) is 0 Å². The number of ketones is 1. The Hall–Kier alpha value is -0.940. The molecule has 178 valence electrons. The fraction of sp³-hybridized carbons (Fsp3) is 0.920. The second-order valence-corrected chi connectivity index (χ2v) is 10.8. The van der Waals surface area contributed by atoms with Gasteiger partial charge in [0.25, 0.3) is 0 Å². The van der Waals surface area contributed by atoms with Gasteiger partial charge in [0.15, 0.2) is 0 Å². The van der Waals surface area contributed by atoms with E-state index in [2.05, 4.69) is 46.9 Å². The van der Waals surface area contributed by atoms with E-state index >= 15 is 0 Å². The van der Waals surface area contributed by atoms with Crippen LogP contribution in [0.15, 0.2) is 0 Å². The van der Waals surface area contributed by atoms with Crippen molar-refractivity contribution >= 4 is 11.7 Å². The van der Waals surface area contributed by atoms with Crippen LogP contribution in [0.1, 0.15) is 99.3 Å². The molecule has 0 aliphatic rings. The van der Waals surface area contributed by atoms with E-state index in [0.717, 1.165) is 38.5 Å². The SMILES string of the molecule is COCCOCC(=O)NCCCC[C@H](CC(=O)CCCCCC(C)(C)C)C(C)(C)C. The van der Waals surface area contributed by atoms with Crippen LogP contribution in [0.2, 0.25) is 0 Å². The summed E-state index contributed by atoms with van der Waals surface area (Å²) < 4.78 is 10.1. The Balaban J connectivity index is 4.03. The number of rotatable bonds is 17. The summed E-state index contributed by atoms with van der Waals surface area (Å²) in [6, 6.07) is 0. The maximum Gasteiger partial charge on any atom is 0.245 e. The zero-order valence-corrected chi connectivity index (χ0v) is 20.9. The second kappa shape index (κ2) is 15.8. The summed E-state index contributed by atoms with van der Waals surface area (Å²) in [5.74, 6) is 0.722. The number of ether oxygens (including phenoxy) is 2. The summed E-state index contributed by atoms with van der Waals surface area (Å²) in [5, 5.41) is 2.89. The molecular formula is C25H49NO4. The Bertz CT molecular complexity index is 463. The van der Waals surface area contributed by atoms with Crippen LogP contribution in [0.3, 0.4) is 0 Å². The fourth-order valence-electron chi connectivity index (χ4n) is 3.47. The lowest BCUT2D eigenvalue weighted by molar-refractivity contribution is -0.126. The second-order valence-electron chi connectivity index (χ2n) is 10.8. The standard InChI is InChI=1S/C25H49NO4/c1-24(2,3)15-11-8-9-14-22(27)19-21(25(4,5)6)13-10-12-16-26-23(28)20-30-18-17-29-7/h21H,8-20H2,1-7H3,(H,26,28)/t21-/m1/s1. The molecule has 1 amide bonds. The molecule has 0 aromatic heterocycles. The molecular weight excluding hydrogens is 378 g/mol. The molecule has 0 aromatic carbocycles. The summed E-state index contributed by atoms with van der Waals surface area (Å²) in [6.07, 6.45) is 8.98. The van der Waals surface area contributed by atoms with Gasteiger partial charge in [0.1, 0.15) is 12.4 Å². The largest absolute Gasteiger partial charge is 0.382 e. The minimum absolute atomic E-state index is 0.0816. The van der Waals surface area contributed by atoms with E-state index < -0.39 is 0 Å². The molecule has 0 heterocycles. The number of hydrogen-bond acceptors (Lipinski definition) is 4. The lowest BCUT2D eigenvalue weighted by atomic mass is 9.75. The molecule has 30 heavy (non-hydrogen) atoms. The van der Waals surface area contributed by atoms with Gasteiger partial charge in [-0.3, -0.25) is 9.59 Å². The van der Waals surface area contributed by atoms with Gasteiger partial charge < -0.3 is 14.8 Å². The van der Waals surface area contributed by atoms with E-state index in [4.69, 9.17) is 9.47 Å². The number of nitrogens with one attached hydrogen (secondary N) is 1. The van der Waals surface area contributed by atoms with Gasteiger partial charge in [0.05, 0.1) is 13.2 Å². The Morgan fingerprint density at radius 1 is 0.900 bits per heavy atom. The number of carbonyl (C=O) groups excluding carboxylic acids is 2. The molecule has 0 spiro atoms. The highest BCUT2D eigenvalue weighted by Crippen LogP contribution is 2.33. The van der Waals surface area contributed by atoms with Crippen LogP contribution < -0.4 is 5.32 Å². The molecule has 0 aromatic rings. The zero-order valence-electron chi connectivity index (χ0n) is 20.9. The van der Waals surface area contributed by atoms with E-state index in [1.807, 2.05) is 0 Å². The summed E-state index contributed by atoms with van der Waals surface area (Å²) in [4.78, 5) is 24.2. The number of hydrogen-bond donors (Lipinski definition) is 1. The molecule has 0 radical (unpaired) electrons. The first-order valence-corrected chi connectivity index (χ1v) is 11.8. The van der Waals surface area contributed by atoms with E-state index in [1.54, 1.807) is 7.11 Å². The van der Waals surface area contributed by atoms with E-state index in [0.29, 0.717) is 43.3 Å². The van der Waals surface area contributed by atoms with Gasteiger partial charge >= 0.3 is 0 Å². The predicted molar refractivity (Wildman–Crippen MR) is 125 cm³/mol. The van der Waals surface area contributed by atoms with Crippen molar-refractivity contribution in [2.24, 2.45) is 16.7 Å². The van der Waals surface area contributed by atoms with Crippen LogP contribution in [-0.2, 0) is 19.1 Å². The number of amides is 1. The highest BCUT2D eigenvalue weighted by Gasteiger charge is 2.26. The minimum Gasteiger partial charge on any atom is -0.382 e. The fourth-order valence-corrected chi connectivity index (χ4v) is 3.47.